The van der Waals surface area contributed by atoms with E-state index >= 15 is 0 Å². The summed E-state index contributed by atoms with van der Waals surface area (Å²) in [7, 11) is 1.98. The van der Waals surface area contributed by atoms with Crippen LogP contribution in [0.1, 0.15) is 20.8 Å². The normalized spacial score (nSPS) is 13.3. The molecule has 3 nitrogen and oxygen atoms in total. The van der Waals surface area contributed by atoms with E-state index in [1.807, 2.05) is 31.3 Å². The van der Waals surface area contributed by atoms with Crippen molar-refractivity contribution in [2.45, 2.75) is 13.0 Å². The Balaban J connectivity index is 1.64. The van der Waals surface area contributed by atoms with Crippen molar-refractivity contribution in [3.05, 3.63) is 51.7 Å². The van der Waals surface area contributed by atoms with Gasteiger partial charge < -0.3 is 4.74 Å². The van der Waals surface area contributed by atoms with Gasteiger partial charge in [-0.05, 0) is 42.3 Å². The van der Waals surface area contributed by atoms with E-state index in [-0.39, 0.29) is 5.78 Å². The molecular weight excluding hydrogens is 270 g/mol. The standard InChI is InChI=1S/C16H17NO2S/c1-17(10-14-3-2-8-20-14)11-15(18)12-4-5-16-13(9-12)6-7-19-16/h2-5,8-9H,6-7,10-11H2,1H3. The molecule has 1 aromatic carbocycles. The topological polar surface area (TPSA) is 29.5 Å². The quantitative estimate of drug-likeness (QED) is 0.792. The third-order valence-corrected chi connectivity index (χ3v) is 4.29. The predicted octanol–water partition coefficient (Wildman–Crippen LogP) is 3.00. The average molecular weight is 287 g/mol. The van der Waals surface area contributed by atoms with Crippen LogP contribution in [0.5, 0.6) is 5.75 Å². The number of fused-ring (bicyclic) bond motifs is 1. The fraction of sp³-hybridized carbons (Fsp3) is 0.312. The largest absolute Gasteiger partial charge is 0.493 e. The van der Waals surface area contributed by atoms with Crippen molar-refractivity contribution in [3.63, 3.8) is 0 Å². The van der Waals surface area contributed by atoms with Gasteiger partial charge >= 0.3 is 0 Å². The summed E-state index contributed by atoms with van der Waals surface area (Å²) in [4.78, 5) is 15.6. The molecule has 0 amide bonds. The number of Topliss-reactive ketones (excluding diaryl/α,β-unsaturated/α-hetero) is 1. The van der Waals surface area contributed by atoms with Gasteiger partial charge in [-0.15, -0.1) is 11.3 Å². The minimum absolute atomic E-state index is 0.166. The monoisotopic (exact) mass is 287 g/mol. The molecule has 0 atom stereocenters. The van der Waals surface area contributed by atoms with Gasteiger partial charge in [-0.3, -0.25) is 9.69 Å². The Morgan fingerprint density at radius 2 is 2.30 bits per heavy atom. The Morgan fingerprint density at radius 1 is 1.40 bits per heavy atom. The highest BCUT2D eigenvalue weighted by Gasteiger charge is 2.16. The van der Waals surface area contributed by atoms with Crippen LogP contribution in [-0.2, 0) is 13.0 Å². The molecule has 0 fully saturated rings. The molecule has 1 aromatic heterocycles. The highest BCUT2D eigenvalue weighted by atomic mass is 32.1. The second-order valence-electron chi connectivity index (χ2n) is 5.10. The van der Waals surface area contributed by atoms with Crippen LogP contribution in [0.4, 0.5) is 0 Å². The summed E-state index contributed by atoms with van der Waals surface area (Å²) >= 11 is 1.72. The number of benzene rings is 1. The van der Waals surface area contributed by atoms with E-state index in [0.29, 0.717) is 6.54 Å². The Kier molecular flexibility index (Phi) is 3.85. The van der Waals surface area contributed by atoms with Gasteiger partial charge in [0.15, 0.2) is 5.78 Å². The lowest BCUT2D eigenvalue weighted by Crippen LogP contribution is -2.25. The minimum Gasteiger partial charge on any atom is -0.493 e. The van der Waals surface area contributed by atoms with Crippen molar-refractivity contribution < 1.29 is 9.53 Å². The van der Waals surface area contributed by atoms with Crippen LogP contribution in [0.15, 0.2) is 35.7 Å². The molecule has 104 valence electrons. The van der Waals surface area contributed by atoms with Crippen LogP contribution >= 0.6 is 11.3 Å². The Morgan fingerprint density at radius 3 is 3.10 bits per heavy atom. The summed E-state index contributed by atoms with van der Waals surface area (Å²) in [5.74, 6) is 1.09. The van der Waals surface area contributed by atoms with E-state index in [1.54, 1.807) is 11.3 Å². The SMILES string of the molecule is CN(CC(=O)c1ccc2c(c1)CCO2)Cc1cccs1. The van der Waals surface area contributed by atoms with Crippen LogP contribution in [0.25, 0.3) is 0 Å². The maximum Gasteiger partial charge on any atom is 0.176 e. The van der Waals surface area contributed by atoms with Gasteiger partial charge in [-0.1, -0.05) is 6.07 Å². The second-order valence-corrected chi connectivity index (χ2v) is 6.13. The summed E-state index contributed by atoms with van der Waals surface area (Å²) < 4.78 is 5.46. The number of carbonyl (C=O) groups is 1. The van der Waals surface area contributed by atoms with Crippen LogP contribution < -0.4 is 4.74 Å². The predicted molar refractivity (Wildman–Crippen MR) is 80.6 cm³/mol. The Labute approximate surface area is 122 Å². The molecular formula is C16H17NO2S. The summed E-state index contributed by atoms with van der Waals surface area (Å²) in [5, 5.41) is 2.06. The number of ether oxygens (including phenoxy) is 1. The van der Waals surface area contributed by atoms with Crippen LogP contribution in [0, 0.1) is 0 Å². The van der Waals surface area contributed by atoms with E-state index < -0.39 is 0 Å². The molecule has 0 saturated carbocycles. The molecule has 0 aliphatic carbocycles. The molecule has 3 rings (SSSR count). The van der Waals surface area contributed by atoms with E-state index in [0.717, 1.165) is 36.4 Å². The first-order valence-corrected chi connectivity index (χ1v) is 7.60. The third-order valence-electron chi connectivity index (χ3n) is 3.43. The zero-order valence-corrected chi connectivity index (χ0v) is 12.3. The highest BCUT2D eigenvalue weighted by molar-refractivity contribution is 7.09. The minimum atomic E-state index is 0.166. The molecule has 2 heterocycles. The number of hydrogen-bond donors (Lipinski definition) is 0. The van der Waals surface area contributed by atoms with Crippen molar-refractivity contribution in [1.82, 2.24) is 4.90 Å². The lowest BCUT2D eigenvalue weighted by atomic mass is 10.1. The van der Waals surface area contributed by atoms with Crippen LogP contribution in [-0.4, -0.2) is 30.9 Å². The Bertz CT molecular complexity index is 607. The van der Waals surface area contributed by atoms with Gasteiger partial charge in [0.05, 0.1) is 13.2 Å². The fourth-order valence-corrected chi connectivity index (χ4v) is 3.20. The second kappa shape index (κ2) is 5.77. The summed E-state index contributed by atoms with van der Waals surface area (Å²) in [6.07, 6.45) is 0.904. The molecule has 0 N–H and O–H groups in total. The molecule has 0 saturated heterocycles. The maximum atomic E-state index is 12.3. The molecule has 0 radical (unpaired) electrons. The van der Waals surface area contributed by atoms with Gasteiger partial charge in [0.2, 0.25) is 0 Å². The van der Waals surface area contributed by atoms with E-state index in [4.69, 9.17) is 4.74 Å². The van der Waals surface area contributed by atoms with Crippen LogP contribution in [0.2, 0.25) is 0 Å². The molecule has 20 heavy (non-hydrogen) atoms. The number of thiophene rings is 1. The number of hydrogen-bond acceptors (Lipinski definition) is 4. The first-order chi connectivity index (χ1) is 9.72. The maximum absolute atomic E-state index is 12.3. The lowest BCUT2D eigenvalue weighted by Gasteiger charge is -2.14. The molecule has 1 aliphatic heterocycles. The first kappa shape index (κ1) is 13.3. The lowest BCUT2D eigenvalue weighted by molar-refractivity contribution is 0.0943. The number of likely N-dealkylation sites (N-methyl/N-ethyl adjacent to an activating group) is 1. The first-order valence-electron chi connectivity index (χ1n) is 6.72. The fourth-order valence-electron chi connectivity index (χ4n) is 2.42. The van der Waals surface area contributed by atoms with Gasteiger partial charge in [0, 0.05) is 23.4 Å². The van der Waals surface area contributed by atoms with E-state index in [9.17, 15) is 4.79 Å². The van der Waals surface area contributed by atoms with Crippen LogP contribution in [0.3, 0.4) is 0 Å². The average Bonchev–Trinajstić information content (AvgIpc) is 3.07. The molecule has 0 unspecified atom stereocenters. The van der Waals surface area contributed by atoms with Crippen molar-refractivity contribution in [3.8, 4) is 5.75 Å². The van der Waals surface area contributed by atoms with Crippen molar-refractivity contribution >= 4 is 17.1 Å². The van der Waals surface area contributed by atoms with Gasteiger partial charge in [-0.25, -0.2) is 0 Å². The van der Waals surface area contributed by atoms with Gasteiger partial charge in [-0.2, -0.15) is 0 Å². The zero-order chi connectivity index (χ0) is 13.9. The highest BCUT2D eigenvalue weighted by Crippen LogP contribution is 2.26. The molecule has 0 bridgehead atoms. The molecule has 0 spiro atoms. The zero-order valence-electron chi connectivity index (χ0n) is 11.5. The molecule has 1 aliphatic rings. The summed E-state index contributed by atoms with van der Waals surface area (Å²) in [6, 6.07) is 9.89. The molecule has 4 heteroatoms. The number of carbonyl (C=O) groups excluding carboxylic acids is 1. The number of nitrogens with zero attached hydrogens (tertiary/aromatic N) is 1. The van der Waals surface area contributed by atoms with Crippen molar-refractivity contribution in [2.24, 2.45) is 0 Å². The van der Waals surface area contributed by atoms with Gasteiger partial charge in [0.1, 0.15) is 5.75 Å². The molecule has 2 aromatic rings. The summed E-state index contributed by atoms with van der Waals surface area (Å²) in [5.41, 5.74) is 1.93. The third kappa shape index (κ3) is 2.92. The number of ketones is 1. The smallest absolute Gasteiger partial charge is 0.176 e. The van der Waals surface area contributed by atoms with Crippen molar-refractivity contribution in [1.29, 1.82) is 0 Å². The van der Waals surface area contributed by atoms with Crippen molar-refractivity contribution in [2.75, 3.05) is 20.2 Å². The van der Waals surface area contributed by atoms with E-state index in [2.05, 4.69) is 16.3 Å². The van der Waals surface area contributed by atoms with E-state index in [1.165, 1.54) is 4.88 Å². The number of rotatable bonds is 5. The van der Waals surface area contributed by atoms with Gasteiger partial charge in [0.25, 0.3) is 0 Å². The Hall–Kier alpha value is -1.65. The summed E-state index contributed by atoms with van der Waals surface area (Å²) in [6.45, 7) is 1.99.